The van der Waals surface area contributed by atoms with Gasteiger partial charge in [-0.2, -0.15) is 0 Å². The van der Waals surface area contributed by atoms with Gasteiger partial charge in [0.2, 0.25) is 0 Å². The van der Waals surface area contributed by atoms with Crippen molar-refractivity contribution in [1.82, 2.24) is 0 Å². The largest absolute Gasteiger partial charge is 0.459 e. The first-order valence-electron chi connectivity index (χ1n) is 7.71. The highest BCUT2D eigenvalue weighted by Gasteiger charge is 2.62. The summed E-state index contributed by atoms with van der Waals surface area (Å²) in [5.41, 5.74) is -0.101. The minimum Gasteiger partial charge on any atom is -0.459 e. The Labute approximate surface area is 110 Å². The molecule has 102 valence electrons. The summed E-state index contributed by atoms with van der Waals surface area (Å²) in [6, 6.07) is 0. The third kappa shape index (κ3) is 1.80. The summed E-state index contributed by atoms with van der Waals surface area (Å²) < 4.78 is 5.91. The van der Waals surface area contributed by atoms with Crippen molar-refractivity contribution in [3.05, 3.63) is 0 Å². The predicted octanol–water partition coefficient (Wildman–Crippen LogP) is 3.79. The van der Waals surface area contributed by atoms with E-state index in [-0.39, 0.29) is 11.6 Å². The van der Waals surface area contributed by atoms with Gasteiger partial charge in [-0.15, -0.1) is 0 Å². The van der Waals surface area contributed by atoms with Gasteiger partial charge in [0.15, 0.2) is 0 Å². The first kappa shape index (κ1) is 12.5. The molecule has 0 aromatic carbocycles. The molecular formula is C16H26O2. The first-order chi connectivity index (χ1) is 8.52. The van der Waals surface area contributed by atoms with Gasteiger partial charge >= 0.3 is 5.97 Å². The van der Waals surface area contributed by atoms with Crippen molar-refractivity contribution in [2.75, 3.05) is 0 Å². The van der Waals surface area contributed by atoms with Crippen molar-refractivity contribution >= 4 is 5.97 Å². The van der Waals surface area contributed by atoms with Crippen LogP contribution in [0.25, 0.3) is 0 Å². The van der Waals surface area contributed by atoms with Crippen LogP contribution in [0.5, 0.6) is 0 Å². The fraction of sp³-hybridized carbons (Fsp3) is 0.938. The zero-order chi connectivity index (χ0) is 12.9. The van der Waals surface area contributed by atoms with Crippen molar-refractivity contribution in [2.45, 2.75) is 64.9 Å². The molecule has 3 saturated carbocycles. The number of hydrogen-bond acceptors (Lipinski definition) is 2. The Morgan fingerprint density at radius 2 is 2.06 bits per heavy atom. The monoisotopic (exact) mass is 250 g/mol. The van der Waals surface area contributed by atoms with E-state index in [0.29, 0.717) is 11.8 Å². The van der Waals surface area contributed by atoms with Gasteiger partial charge < -0.3 is 4.74 Å². The van der Waals surface area contributed by atoms with Crippen LogP contribution in [0.3, 0.4) is 0 Å². The molecule has 0 amide bonds. The van der Waals surface area contributed by atoms with E-state index in [2.05, 4.69) is 13.8 Å². The lowest BCUT2D eigenvalue weighted by Crippen LogP contribution is -2.45. The summed E-state index contributed by atoms with van der Waals surface area (Å²) >= 11 is 0. The highest BCUT2D eigenvalue weighted by molar-refractivity contribution is 5.66. The lowest BCUT2D eigenvalue weighted by Gasteiger charge is -2.43. The van der Waals surface area contributed by atoms with Crippen LogP contribution in [-0.4, -0.2) is 11.6 Å². The molecule has 3 fully saturated rings. The maximum atomic E-state index is 11.5. The molecule has 0 N–H and O–H groups in total. The molecular weight excluding hydrogens is 224 g/mol. The van der Waals surface area contributed by atoms with Crippen LogP contribution in [0.15, 0.2) is 0 Å². The minimum atomic E-state index is -0.101. The molecule has 0 radical (unpaired) electrons. The molecule has 5 unspecified atom stereocenters. The molecule has 0 saturated heterocycles. The highest BCUT2D eigenvalue weighted by atomic mass is 16.6. The van der Waals surface area contributed by atoms with E-state index in [1.54, 1.807) is 6.92 Å². The van der Waals surface area contributed by atoms with Gasteiger partial charge in [0, 0.05) is 12.8 Å². The summed E-state index contributed by atoms with van der Waals surface area (Å²) in [6.07, 6.45) is 7.76. The molecule has 3 aliphatic carbocycles. The van der Waals surface area contributed by atoms with Gasteiger partial charge in [0.05, 0.1) is 0 Å². The number of ether oxygens (including phenoxy) is 1. The van der Waals surface area contributed by atoms with E-state index >= 15 is 0 Å². The van der Waals surface area contributed by atoms with Gasteiger partial charge in [-0.25, -0.2) is 0 Å². The van der Waals surface area contributed by atoms with E-state index in [4.69, 9.17) is 4.74 Å². The van der Waals surface area contributed by atoms with E-state index < -0.39 is 0 Å². The van der Waals surface area contributed by atoms with Crippen LogP contribution in [0.2, 0.25) is 0 Å². The Morgan fingerprint density at radius 1 is 1.33 bits per heavy atom. The second-order valence-electron chi connectivity index (χ2n) is 7.32. The Hall–Kier alpha value is -0.530. The molecule has 0 aliphatic heterocycles. The molecule has 0 aromatic heterocycles. The molecule has 2 nitrogen and oxygen atoms in total. The second-order valence-corrected chi connectivity index (χ2v) is 7.32. The zero-order valence-electron chi connectivity index (χ0n) is 11.9. The van der Waals surface area contributed by atoms with Crippen molar-refractivity contribution < 1.29 is 9.53 Å². The predicted molar refractivity (Wildman–Crippen MR) is 71.0 cm³/mol. The van der Waals surface area contributed by atoms with Crippen LogP contribution < -0.4 is 0 Å². The maximum Gasteiger partial charge on any atom is 0.303 e. The number of carbonyl (C=O) groups excluding carboxylic acids is 1. The fourth-order valence-electron chi connectivity index (χ4n) is 5.58. The van der Waals surface area contributed by atoms with Crippen LogP contribution in [0, 0.1) is 29.6 Å². The van der Waals surface area contributed by atoms with Gasteiger partial charge in [0.25, 0.3) is 0 Å². The molecule has 3 aliphatic rings. The molecule has 18 heavy (non-hydrogen) atoms. The maximum absolute atomic E-state index is 11.5. The quantitative estimate of drug-likeness (QED) is 0.712. The Bertz CT molecular complexity index is 349. The Balaban J connectivity index is 1.85. The Morgan fingerprint density at radius 3 is 2.72 bits per heavy atom. The zero-order valence-corrected chi connectivity index (χ0v) is 11.9. The summed E-state index contributed by atoms with van der Waals surface area (Å²) in [7, 11) is 0. The Kier molecular flexibility index (Phi) is 2.95. The van der Waals surface area contributed by atoms with E-state index in [0.717, 1.165) is 30.6 Å². The van der Waals surface area contributed by atoms with Crippen molar-refractivity contribution in [3.63, 3.8) is 0 Å². The summed E-state index contributed by atoms with van der Waals surface area (Å²) in [4.78, 5) is 11.5. The van der Waals surface area contributed by atoms with Crippen molar-refractivity contribution in [2.24, 2.45) is 29.6 Å². The highest BCUT2D eigenvalue weighted by Crippen LogP contribution is 2.64. The third-order valence-electron chi connectivity index (χ3n) is 5.69. The topological polar surface area (TPSA) is 26.3 Å². The summed E-state index contributed by atoms with van der Waals surface area (Å²) in [5, 5.41) is 0. The SMILES string of the molecule is CC(=O)OC1(CC(C)C)CC2CC1C1CCCC21. The van der Waals surface area contributed by atoms with E-state index in [1.807, 2.05) is 0 Å². The minimum absolute atomic E-state index is 0.0715. The summed E-state index contributed by atoms with van der Waals surface area (Å²) in [6.45, 7) is 6.09. The normalized spacial score (nSPS) is 45.6. The lowest BCUT2D eigenvalue weighted by atomic mass is 9.70. The molecule has 3 rings (SSSR count). The smallest absolute Gasteiger partial charge is 0.303 e. The van der Waals surface area contributed by atoms with Crippen LogP contribution >= 0.6 is 0 Å². The van der Waals surface area contributed by atoms with Gasteiger partial charge in [0.1, 0.15) is 5.60 Å². The molecule has 0 aromatic rings. The molecule has 0 heterocycles. The number of esters is 1. The van der Waals surface area contributed by atoms with Gasteiger partial charge in [-0.05, 0) is 55.8 Å². The second kappa shape index (κ2) is 4.25. The average molecular weight is 250 g/mol. The average Bonchev–Trinajstić information content (AvgIpc) is 2.83. The molecule has 2 heteroatoms. The number of rotatable bonds is 3. The molecule has 2 bridgehead atoms. The van der Waals surface area contributed by atoms with Crippen molar-refractivity contribution in [3.8, 4) is 0 Å². The van der Waals surface area contributed by atoms with E-state index in [1.165, 1.54) is 25.7 Å². The molecule has 5 atom stereocenters. The van der Waals surface area contributed by atoms with Crippen LogP contribution in [0.1, 0.15) is 59.3 Å². The number of hydrogen-bond donors (Lipinski definition) is 0. The fourth-order valence-corrected chi connectivity index (χ4v) is 5.58. The summed E-state index contributed by atoms with van der Waals surface area (Å²) in [5.74, 6) is 3.89. The van der Waals surface area contributed by atoms with E-state index in [9.17, 15) is 4.79 Å². The number of fused-ring (bicyclic) bond motifs is 5. The van der Waals surface area contributed by atoms with Gasteiger partial charge in [-0.1, -0.05) is 20.3 Å². The first-order valence-corrected chi connectivity index (χ1v) is 7.71. The molecule has 0 spiro atoms. The number of carbonyl (C=O) groups is 1. The lowest BCUT2D eigenvalue weighted by molar-refractivity contribution is -0.169. The van der Waals surface area contributed by atoms with Crippen LogP contribution in [0.4, 0.5) is 0 Å². The standard InChI is InChI=1S/C16H26O2/c1-10(2)8-16(18-11(3)17)9-12-7-15(16)14-6-4-5-13(12)14/h10,12-15H,4-9H2,1-3H3. The van der Waals surface area contributed by atoms with Crippen molar-refractivity contribution in [1.29, 1.82) is 0 Å². The van der Waals surface area contributed by atoms with Crippen LogP contribution in [-0.2, 0) is 9.53 Å². The third-order valence-corrected chi connectivity index (χ3v) is 5.69. The van der Waals surface area contributed by atoms with Gasteiger partial charge in [-0.3, -0.25) is 4.79 Å².